The van der Waals surface area contributed by atoms with Crippen LogP contribution in [0.15, 0.2) is 18.2 Å². The van der Waals surface area contributed by atoms with Gasteiger partial charge >= 0.3 is 0 Å². The standard InChI is InChI=1S/C15H22N2O2/c1-4-17-14(18)10-16-9-11-5-6-13-12(7-11)8-15(2,3)19-13/h5-7,16H,4,8-10H2,1-3H3,(H,17,18). The number of ether oxygens (including phenoxy) is 1. The molecule has 0 aromatic heterocycles. The largest absolute Gasteiger partial charge is 0.487 e. The van der Waals surface area contributed by atoms with Crippen molar-refractivity contribution in [1.29, 1.82) is 0 Å². The predicted molar refractivity (Wildman–Crippen MR) is 75.2 cm³/mol. The Bertz CT molecular complexity index is 469. The van der Waals surface area contributed by atoms with Gasteiger partial charge < -0.3 is 15.4 Å². The molecule has 1 amide bonds. The van der Waals surface area contributed by atoms with E-state index in [2.05, 4.69) is 30.5 Å². The highest BCUT2D eigenvalue weighted by molar-refractivity contribution is 5.77. The molecule has 0 saturated heterocycles. The normalized spacial score (nSPS) is 15.7. The van der Waals surface area contributed by atoms with Gasteiger partial charge in [-0.25, -0.2) is 0 Å². The third-order valence-corrected chi connectivity index (χ3v) is 3.12. The smallest absolute Gasteiger partial charge is 0.233 e. The Hall–Kier alpha value is -1.55. The first-order valence-electron chi connectivity index (χ1n) is 6.78. The molecule has 0 fully saturated rings. The topological polar surface area (TPSA) is 50.4 Å². The molecule has 0 atom stereocenters. The van der Waals surface area contributed by atoms with Gasteiger partial charge in [-0.2, -0.15) is 0 Å². The van der Waals surface area contributed by atoms with Crippen LogP contribution in [0.25, 0.3) is 0 Å². The molecule has 0 bridgehead atoms. The monoisotopic (exact) mass is 262 g/mol. The number of amides is 1. The lowest BCUT2D eigenvalue weighted by Gasteiger charge is -2.16. The van der Waals surface area contributed by atoms with Gasteiger partial charge in [0.2, 0.25) is 5.91 Å². The molecule has 1 aromatic rings. The van der Waals surface area contributed by atoms with Crippen LogP contribution in [0.2, 0.25) is 0 Å². The summed E-state index contributed by atoms with van der Waals surface area (Å²) in [6, 6.07) is 6.23. The first-order chi connectivity index (χ1) is 9.00. The first-order valence-corrected chi connectivity index (χ1v) is 6.78. The van der Waals surface area contributed by atoms with E-state index in [1.807, 2.05) is 19.1 Å². The molecule has 0 radical (unpaired) electrons. The molecular formula is C15H22N2O2. The summed E-state index contributed by atoms with van der Waals surface area (Å²) in [6.07, 6.45) is 0.937. The highest BCUT2D eigenvalue weighted by atomic mass is 16.5. The lowest BCUT2D eigenvalue weighted by Crippen LogP contribution is -2.33. The van der Waals surface area contributed by atoms with Gasteiger partial charge in [0.15, 0.2) is 0 Å². The number of carbonyl (C=O) groups is 1. The summed E-state index contributed by atoms with van der Waals surface area (Å²) in [5.41, 5.74) is 2.33. The number of likely N-dealkylation sites (N-methyl/N-ethyl adjacent to an activating group) is 1. The minimum absolute atomic E-state index is 0.0353. The summed E-state index contributed by atoms with van der Waals surface area (Å²) in [4.78, 5) is 11.3. The van der Waals surface area contributed by atoms with Crippen LogP contribution in [-0.2, 0) is 17.8 Å². The van der Waals surface area contributed by atoms with E-state index in [0.717, 1.165) is 12.2 Å². The van der Waals surface area contributed by atoms with Crippen LogP contribution in [-0.4, -0.2) is 24.6 Å². The van der Waals surface area contributed by atoms with Gasteiger partial charge in [0.1, 0.15) is 11.4 Å². The molecule has 2 rings (SSSR count). The zero-order valence-electron chi connectivity index (χ0n) is 11.9. The van der Waals surface area contributed by atoms with Crippen LogP contribution in [0.1, 0.15) is 31.9 Å². The van der Waals surface area contributed by atoms with Crippen molar-refractivity contribution in [3.05, 3.63) is 29.3 Å². The van der Waals surface area contributed by atoms with E-state index >= 15 is 0 Å². The number of fused-ring (bicyclic) bond motifs is 1. The quantitative estimate of drug-likeness (QED) is 0.848. The molecule has 4 heteroatoms. The number of nitrogens with one attached hydrogen (secondary N) is 2. The maximum atomic E-state index is 11.3. The fourth-order valence-corrected chi connectivity index (χ4v) is 2.35. The highest BCUT2D eigenvalue weighted by Crippen LogP contribution is 2.35. The third kappa shape index (κ3) is 3.70. The van der Waals surface area contributed by atoms with Gasteiger partial charge in [0.25, 0.3) is 0 Å². The van der Waals surface area contributed by atoms with Crippen LogP contribution >= 0.6 is 0 Å². The fraction of sp³-hybridized carbons (Fsp3) is 0.533. The van der Waals surface area contributed by atoms with Gasteiger partial charge in [0.05, 0.1) is 6.54 Å². The summed E-state index contributed by atoms with van der Waals surface area (Å²) >= 11 is 0. The molecule has 19 heavy (non-hydrogen) atoms. The average Bonchev–Trinajstić information content (AvgIpc) is 2.62. The number of benzene rings is 1. The fourth-order valence-electron chi connectivity index (χ4n) is 2.35. The number of hydrogen-bond donors (Lipinski definition) is 2. The summed E-state index contributed by atoms with van der Waals surface area (Å²) in [5.74, 6) is 1.02. The van der Waals surface area contributed by atoms with Crippen LogP contribution in [0, 0.1) is 0 Å². The maximum Gasteiger partial charge on any atom is 0.233 e. The van der Waals surface area contributed by atoms with E-state index in [9.17, 15) is 4.79 Å². The molecule has 1 aliphatic rings. The Morgan fingerprint density at radius 1 is 1.42 bits per heavy atom. The lowest BCUT2D eigenvalue weighted by atomic mass is 10.0. The van der Waals surface area contributed by atoms with E-state index in [1.54, 1.807) is 0 Å². The van der Waals surface area contributed by atoms with Crippen molar-refractivity contribution in [3.63, 3.8) is 0 Å². The molecule has 0 spiro atoms. The Kier molecular flexibility index (Phi) is 4.10. The van der Waals surface area contributed by atoms with Gasteiger partial charge in [0, 0.05) is 19.5 Å². The lowest BCUT2D eigenvalue weighted by molar-refractivity contribution is -0.120. The molecule has 0 unspecified atom stereocenters. The second kappa shape index (κ2) is 5.61. The van der Waals surface area contributed by atoms with Crippen molar-refractivity contribution in [3.8, 4) is 5.75 Å². The number of carbonyl (C=O) groups excluding carboxylic acids is 1. The first kappa shape index (κ1) is 13.9. The van der Waals surface area contributed by atoms with Crippen molar-refractivity contribution in [2.75, 3.05) is 13.1 Å². The summed E-state index contributed by atoms with van der Waals surface area (Å²) in [7, 11) is 0. The van der Waals surface area contributed by atoms with Gasteiger partial charge in [-0.15, -0.1) is 0 Å². The van der Waals surface area contributed by atoms with E-state index in [4.69, 9.17) is 4.74 Å². The Labute approximate surface area is 114 Å². The van der Waals surface area contributed by atoms with Crippen molar-refractivity contribution < 1.29 is 9.53 Å². The molecule has 1 aromatic carbocycles. The van der Waals surface area contributed by atoms with E-state index in [-0.39, 0.29) is 11.5 Å². The van der Waals surface area contributed by atoms with Gasteiger partial charge in [-0.05, 0) is 38.0 Å². The van der Waals surface area contributed by atoms with E-state index in [0.29, 0.717) is 19.6 Å². The van der Waals surface area contributed by atoms with Crippen molar-refractivity contribution >= 4 is 5.91 Å². The minimum atomic E-state index is -0.102. The summed E-state index contributed by atoms with van der Waals surface area (Å²) in [6.45, 7) is 7.84. The molecule has 1 aliphatic heterocycles. The molecule has 4 nitrogen and oxygen atoms in total. The molecule has 0 saturated carbocycles. The summed E-state index contributed by atoms with van der Waals surface area (Å²) in [5, 5.41) is 5.91. The minimum Gasteiger partial charge on any atom is -0.487 e. The Morgan fingerprint density at radius 2 is 2.21 bits per heavy atom. The third-order valence-electron chi connectivity index (χ3n) is 3.12. The van der Waals surface area contributed by atoms with Crippen molar-refractivity contribution in [2.45, 2.75) is 39.3 Å². The van der Waals surface area contributed by atoms with Crippen LogP contribution in [0.3, 0.4) is 0 Å². The van der Waals surface area contributed by atoms with E-state index in [1.165, 1.54) is 11.1 Å². The molecule has 2 N–H and O–H groups in total. The van der Waals surface area contributed by atoms with Gasteiger partial charge in [-0.1, -0.05) is 12.1 Å². The van der Waals surface area contributed by atoms with Crippen LogP contribution < -0.4 is 15.4 Å². The Morgan fingerprint density at radius 3 is 2.95 bits per heavy atom. The van der Waals surface area contributed by atoms with Crippen LogP contribution in [0.5, 0.6) is 5.75 Å². The second-order valence-electron chi connectivity index (χ2n) is 5.54. The number of rotatable bonds is 5. The van der Waals surface area contributed by atoms with Crippen molar-refractivity contribution in [2.24, 2.45) is 0 Å². The Balaban J connectivity index is 1.88. The van der Waals surface area contributed by atoms with Gasteiger partial charge in [-0.3, -0.25) is 4.79 Å². The van der Waals surface area contributed by atoms with Crippen molar-refractivity contribution in [1.82, 2.24) is 10.6 Å². The zero-order chi connectivity index (χ0) is 13.9. The highest BCUT2D eigenvalue weighted by Gasteiger charge is 2.29. The molecule has 1 heterocycles. The SMILES string of the molecule is CCNC(=O)CNCc1ccc2c(c1)CC(C)(C)O2. The number of hydrogen-bond acceptors (Lipinski definition) is 3. The predicted octanol–water partition coefficient (Wildman–Crippen LogP) is 1.63. The zero-order valence-corrected chi connectivity index (χ0v) is 11.9. The average molecular weight is 262 g/mol. The van der Waals surface area contributed by atoms with E-state index < -0.39 is 0 Å². The van der Waals surface area contributed by atoms with Crippen LogP contribution in [0.4, 0.5) is 0 Å². The second-order valence-corrected chi connectivity index (χ2v) is 5.54. The maximum absolute atomic E-state index is 11.3. The molecule has 0 aliphatic carbocycles. The summed E-state index contributed by atoms with van der Waals surface area (Å²) < 4.78 is 5.84. The molecular weight excluding hydrogens is 240 g/mol. The molecule has 104 valence electrons.